The second-order valence-corrected chi connectivity index (χ2v) is 4.12. The molecule has 1 aliphatic rings. The highest BCUT2D eigenvalue weighted by atomic mass is 16.7. The van der Waals surface area contributed by atoms with Gasteiger partial charge in [0.25, 0.3) is 0 Å². The first-order valence-corrected chi connectivity index (χ1v) is 5.74. The smallest absolute Gasteiger partial charge is 0.188 e. The summed E-state index contributed by atoms with van der Waals surface area (Å²) in [6, 6.07) is 3.94. The molecule has 0 amide bonds. The van der Waals surface area contributed by atoms with Gasteiger partial charge in [-0.2, -0.15) is 0 Å². The number of nitrogens with zero attached hydrogens (tertiary/aromatic N) is 1. The molecule has 3 nitrogen and oxygen atoms in total. The molecule has 0 saturated heterocycles. The van der Waals surface area contributed by atoms with Gasteiger partial charge in [-0.25, -0.2) is 0 Å². The maximum absolute atomic E-state index is 5.31. The molecule has 0 aromatic carbocycles. The summed E-state index contributed by atoms with van der Waals surface area (Å²) in [4.78, 5) is 4.44. The van der Waals surface area contributed by atoms with Crippen molar-refractivity contribution in [1.82, 2.24) is 4.98 Å². The van der Waals surface area contributed by atoms with Crippen LogP contribution in [0.2, 0.25) is 0 Å². The van der Waals surface area contributed by atoms with Crippen molar-refractivity contribution in [1.29, 1.82) is 0 Å². The molecule has 0 bridgehead atoms. The Morgan fingerprint density at radius 3 is 2.71 bits per heavy atom. The van der Waals surface area contributed by atoms with Crippen LogP contribution in [0.15, 0.2) is 42.6 Å². The van der Waals surface area contributed by atoms with Gasteiger partial charge in [0, 0.05) is 18.7 Å². The first-order chi connectivity index (χ1) is 8.31. The molecule has 2 unspecified atom stereocenters. The first-order valence-electron chi connectivity index (χ1n) is 5.74. The Hall–Kier alpha value is -1.61. The Morgan fingerprint density at radius 1 is 1.24 bits per heavy atom. The van der Waals surface area contributed by atoms with E-state index in [-0.39, 0.29) is 6.79 Å². The third kappa shape index (κ3) is 2.94. The van der Waals surface area contributed by atoms with Crippen LogP contribution >= 0.6 is 0 Å². The van der Waals surface area contributed by atoms with Crippen LogP contribution in [0.4, 0.5) is 0 Å². The van der Waals surface area contributed by atoms with Crippen molar-refractivity contribution in [3.63, 3.8) is 0 Å². The fraction of sp³-hybridized carbons (Fsp3) is 0.357. The van der Waals surface area contributed by atoms with E-state index in [1.807, 2.05) is 12.1 Å². The molecule has 1 aliphatic carbocycles. The number of methoxy groups -OCH3 is 1. The molecule has 0 saturated carbocycles. The molecule has 17 heavy (non-hydrogen) atoms. The quantitative estimate of drug-likeness (QED) is 0.747. The minimum Gasteiger partial charge on any atom is -0.466 e. The van der Waals surface area contributed by atoms with Gasteiger partial charge < -0.3 is 9.47 Å². The van der Waals surface area contributed by atoms with E-state index in [9.17, 15) is 0 Å². The molecule has 1 aromatic heterocycles. The molecule has 0 fully saturated rings. The van der Waals surface area contributed by atoms with Crippen LogP contribution in [0.25, 0.3) is 0 Å². The summed E-state index contributed by atoms with van der Waals surface area (Å²) in [6.07, 6.45) is 10.3. The molecule has 90 valence electrons. The summed E-state index contributed by atoms with van der Waals surface area (Å²) in [5, 5.41) is 0. The SMILES string of the molecule is COCOc1ccc(C2C=CC=CC2C)nc1. The van der Waals surface area contributed by atoms with Gasteiger partial charge in [0.2, 0.25) is 0 Å². The second kappa shape index (κ2) is 5.64. The van der Waals surface area contributed by atoms with Gasteiger partial charge in [-0.05, 0) is 18.1 Å². The summed E-state index contributed by atoms with van der Waals surface area (Å²) >= 11 is 0. The summed E-state index contributed by atoms with van der Waals surface area (Å²) in [6.45, 7) is 2.45. The number of ether oxygens (including phenoxy) is 2. The maximum Gasteiger partial charge on any atom is 0.188 e. The van der Waals surface area contributed by atoms with Gasteiger partial charge in [-0.1, -0.05) is 31.2 Å². The number of rotatable bonds is 4. The fourth-order valence-corrected chi connectivity index (χ4v) is 1.89. The Balaban J connectivity index is 2.07. The van der Waals surface area contributed by atoms with E-state index < -0.39 is 0 Å². The molecule has 2 rings (SSSR count). The molecular formula is C14H17NO2. The van der Waals surface area contributed by atoms with Crippen molar-refractivity contribution in [2.24, 2.45) is 5.92 Å². The summed E-state index contributed by atoms with van der Waals surface area (Å²) in [7, 11) is 1.60. The Morgan fingerprint density at radius 2 is 2.06 bits per heavy atom. The highest BCUT2D eigenvalue weighted by molar-refractivity contribution is 5.28. The van der Waals surface area contributed by atoms with E-state index in [0.29, 0.717) is 11.8 Å². The fourth-order valence-electron chi connectivity index (χ4n) is 1.89. The van der Waals surface area contributed by atoms with Crippen molar-refractivity contribution >= 4 is 0 Å². The van der Waals surface area contributed by atoms with E-state index in [4.69, 9.17) is 9.47 Å². The van der Waals surface area contributed by atoms with Crippen molar-refractivity contribution in [3.8, 4) is 5.75 Å². The second-order valence-electron chi connectivity index (χ2n) is 4.12. The zero-order valence-electron chi connectivity index (χ0n) is 10.2. The predicted octanol–water partition coefficient (Wildman–Crippen LogP) is 2.91. The third-order valence-corrected chi connectivity index (χ3v) is 2.85. The molecule has 1 heterocycles. The summed E-state index contributed by atoms with van der Waals surface area (Å²) in [5.74, 6) is 1.58. The van der Waals surface area contributed by atoms with Crippen LogP contribution in [0.3, 0.4) is 0 Å². The van der Waals surface area contributed by atoms with E-state index >= 15 is 0 Å². The number of hydrogen-bond donors (Lipinski definition) is 0. The number of aromatic nitrogens is 1. The molecule has 0 spiro atoms. The maximum atomic E-state index is 5.31. The average Bonchev–Trinajstić information content (AvgIpc) is 2.38. The minimum absolute atomic E-state index is 0.253. The number of pyridine rings is 1. The minimum atomic E-state index is 0.253. The predicted molar refractivity (Wildman–Crippen MR) is 66.9 cm³/mol. The standard InChI is InChI=1S/C14H17NO2/c1-11-5-3-4-6-13(11)14-8-7-12(9-15-14)17-10-16-2/h3-9,11,13H,10H2,1-2H3. The van der Waals surface area contributed by atoms with Gasteiger partial charge in [0.15, 0.2) is 6.79 Å². The highest BCUT2D eigenvalue weighted by Gasteiger charge is 2.17. The number of hydrogen-bond acceptors (Lipinski definition) is 3. The Kier molecular flexibility index (Phi) is 3.94. The molecule has 0 aliphatic heterocycles. The van der Waals surface area contributed by atoms with Gasteiger partial charge in [-0.3, -0.25) is 4.98 Å². The lowest BCUT2D eigenvalue weighted by atomic mass is 9.87. The molecule has 0 N–H and O–H groups in total. The molecule has 0 radical (unpaired) electrons. The van der Waals surface area contributed by atoms with Gasteiger partial charge >= 0.3 is 0 Å². The largest absolute Gasteiger partial charge is 0.466 e. The molecule has 1 aromatic rings. The van der Waals surface area contributed by atoms with Gasteiger partial charge in [0.1, 0.15) is 5.75 Å². The van der Waals surface area contributed by atoms with Crippen molar-refractivity contribution < 1.29 is 9.47 Å². The Labute approximate surface area is 102 Å². The topological polar surface area (TPSA) is 31.4 Å². The molecular weight excluding hydrogens is 214 g/mol. The van der Waals surface area contributed by atoms with E-state index in [1.54, 1.807) is 13.3 Å². The lowest BCUT2D eigenvalue weighted by Crippen LogP contribution is -2.09. The van der Waals surface area contributed by atoms with E-state index in [1.165, 1.54) is 0 Å². The van der Waals surface area contributed by atoms with Crippen LogP contribution < -0.4 is 4.74 Å². The zero-order chi connectivity index (χ0) is 12.1. The molecule has 3 heteroatoms. The van der Waals surface area contributed by atoms with Crippen LogP contribution in [-0.2, 0) is 4.74 Å². The van der Waals surface area contributed by atoms with Crippen LogP contribution in [0, 0.1) is 5.92 Å². The first kappa shape index (κ1) is 11.9. The lowest BCUT2D eigenvalue weighted by molar-refractivity contribution is 0.0508. The van der Waals surface area contributed by atoms with E-state index in [0.717, 1.165) is 11.4 Å². The normalized spacial score (nSPS) is 22.7. The summed E-state index contributed by atoms with van der Waals surface area (Å²) in [5.41, 5.74) is 1.07. The van der Waals surface area contributed by atoms with Crippen molar-refractivity contribution in [2.45, 2.75) is 12.8 Å². The number of allylic oxidation sites excluding steroid dienone is 4. The zero-order valence-corrected chi connectivity index (χ0v) is 10.2. The third-order valence-electron chi connectivity index (χ3n) is 2.85. The van der Waals surface area contributed by atoms with Crippen LogP contribution in [0.5, 0.6) is 5.75 Å². The van der Waals surface area contributed by atoms with Crippen LogP contribution in [-0.4, -0.2) is 18.9 Å². The van der Waals surface area contributed by atoms with Gasteiger partial charge in [-0.15, -0.1) is 0 Å². The lowest BCUT2D eigenvalue weighted by Gasteiger charge is -2.19. The van der Waals surface area contributed by atoms with Gasteiger partial charge in [0.05, 0.1) is 6.20 Å². The van der Waals surface area contributed by atoms with Crippen molar-refractivity contribution in [3.05, 3.63) is 48.3 Å². The van der Waals surface area contributed by atoms with E-state index in [2.05, 4.69) is 36.2 Å². The van der Waals surface area contributed by atoms with Crippen LogP contribution in [0.1, 0.15) is 18.5 Å². The highest BCUT2D eigenvalue weighted by Crippen LogP contribution is 2.28. The monoisotopic (exact) mass is 231 g/mol. The summed E-state index contributed by atoms with van der Waals surface area (Å²) < 4.78 is 10.1. The molecule has 2 atom stereocenters. The average molecular weight is 231 g/mol. The Bertz CT molecular complexity index is 409. The van der Waals surface area contributed by atoms with Crippen molar-refractivity contribution in [2.75, 3.05) is 13.9 Å².